The highest BCUT2D eigenvalue weighted by Crippen LogP contribution is 2.18. The van der Waals surface area contributed by atoms with E-state index in [1.54, 1.807) is 5.01 Å². The van der Waals surface area contributed by atoms with Crippen LogP contribution in [0.4, 0.5) is 0 Å². The third-order valence-corrected chi connectivity index (χ3v) is 2.97. The van der Waals surface area contributed by atoms with Gasteiger partial charge in [-0.15, -0.1) is 12.4 Å². The van der Waals surface area contributed by atoms with Crippen LogP contribution in [-0.4, -0.2) is 36.6 Å². The molecule has 2 rings (SSSR count). The predicted molar refractivity (Wildman–Crippen MR) is 57.2 cm³/mol. The molecule has 4 nitrogen and oxygen atoms in total. The number of hydrogen-bond acceptors (Lipinski definition) is 3. The molecule has 2 aliphatic rings. The normalized spacial score (nSPS) is 31.6. The first-order valence-corrected chi connectivity index (χ1v) is 5.07. The van der Waals surface area contributed by atoms with Crippen LogP contribution in [-0.2, 0) is 4.79 Å². The number of rotatable bonds is 1. The monoisotopic (exact) mass is 219 g/mol. The number of hydrazine groups is 1. The summed E-state index contributed by atoms with van der Waals surface area (Å²) < 4.78 is 0. The number of halogens is 1. The summed E-state index contributed by atoms with van der Waals surface area (Å²) in [5, 5.41) is 5.08. The van der Waals surface area contributed by atoms with Gasteiger partial charge in [-0.3, -0.25) is 9.80 Å². The molecule has 1 amide bonds. The second-order valence-corrected chi connectivity index (χ2v) is 3.89. The van der Waals surface area contributed by atoms with Gasteiger partial charge in [0.05, 0.1) is 5.92 Å². The summed E-state index contributed by atoms with van der Waals surface area (Å²) in [6.45, 7) is 4.89. The highest BCUT2D eigenvalue weighted by Gasteiger charge is 2.33. The molecule has 82 valence electrons. The summed E-state index contributed by atoms with van der Waals surface area (Å²) in [6, 6.07) is 0.342. The van der Waals surface area contributed by atoms with E-state index in [0.717, 1.165) is 32.5 Å². The zero-order chi connectivity index (χ0) is 9.26. The van der Waals surface area contributed by atoms with Crippen molar-refractivity contribution >= 4 is 18.3 Å². The largest absolute Gasteiger partial charge is 0.313 e. The molecule has 0 bridgehead atoms. The number of carbonyl (C=O) groups excluding carboxylic acids is 1. The Morgan fingerprint density at radius 3 is 2.71 bits per heavy atom. The first-order chi connectivity index (χ1) is 6.29. The zero-order valence-electron chi connectivity index (χ0n) is 8.45. The molecule has 2 fully saturated rings. The van der Waals surface area contributed by atoms with E-state index in [0.29, 0.717) is 6.04 Å². The first-order valence-electron chi connectivity index (χ1n) is 5.07. The van der Waals surface area contributed by atoms with E-state index in [-0.39, 0.29) is 24.2 Å². The van der Waals surface area contributed by atoms with Crippen LogP contribution in [0, 0.1) is 5.92 Å². The SMILES string of the molecule is CC1NCCC1C(=O)N1CCCN1.Cl. The van der Waals surface area contributed by atoms with Crippen LogP contribution in [0.5, 0.6) is 0 Å². The maximum absolute atomic E-state index is 11.9. The topological polar surface area (TPSA) is 44.4 Å². The van der Waals surface area contributed by atoms with Gasteiger partial charge < -0.3 is 5.32 Å². The van der Waals surface area contributed by atoms with Crippen molar-refractivity contribution in [1.82, 2.24) is 15.8 Å². The van der Waals surface area contributed by atoms with Gasteiger partial charge in [-0.05, 0) is 26.3 Å². The fourth-order valence-corrected chi connectivity index (χ4v) is 2.11. The van der Waals surface area contributed by atoms with Crippen LogP contribution in [0.15, 0.2) is 0 Å². The third-order valence-electron chi connectivity index (χ3n) is 2.97. The lowest BCUT2D eigenvalue weighted by Crippen LogP contribution is -2.43. The average molecular weight is 220 g/mol. The summed E-state index contributed by atoms with van der Waals surface area (Å²) in [5.74, 6) is 0.459. The molecular formula is C9H18ClN3O. The number of hydrogen-bond donors (Lipinski definition) is 2. The number of nitrogens with one attached hydrogen (secondary N) is 2. The second kappa shape index (κ2) is 4.96. The van der Waals surface area contributed by atoms with E-state index < -0.39 is 0 Å². The minimum absolute atomic E-state index is 0. The van der Waals surface area contributed by atoms with Crippen molar-refractivity contribution in [2.45, 2.75) is 25.8 Å². The lowest BCUT2D eigenvalue weighted by atomic mass is 10.0. The van der Waals surface area contributed by atoms with Crippen LogP contribution in [0.2, 0.25) is 0 Å². The van der Waals surface area contributed by atoms with Crippen molar-refractivity contribution in [2.75, 3.05) is 19.6 Å². The summed E-state index contributed by atoms with van der Waals surface area (Å²) in [5.41, 5.74) is 3.11. The fourth-order valence-electron chi connectivity index (χ4n) is 2.11. The molecule has 2 atom stereocenters. The number of carbonyl (C=O) groups is 1. The van der Waals surface area contributed by atoms with Gasteiger partial charge in [0, 0.05) is 19.1 Å². The van der Waals surface area contributed by atoms with Crippen LogP contribution >= 0.6 is 12.4 Å². The zero-order valence-corrected chi connectivity index (χ0v) is 9.27. The van der Waals surface area contributed by atoms with Gasteiger partial charge in [0.1, 0.15) is 0 Å². The molecule has 0 aromatic rings. The van der Waals surface area contributed by atoms with Crippen molar-refractivity contribution in [3.63, 3.8) is 0 Å². The van der Waals surface area contributed by atoms with Gasteiger partial charge in [0.15, 0.2) is 0 Å². The molecule has 2 aliphatic heterocycles. The van der Waals surface area contributed by atoms with Gasteiger partial charge in [0.2, 0.25) is 5.91 Å². The lowest BCUT2D eigenvalue weighted by Gasteiger charge is -2.22. The lowest BCUT2D eigenvalue weighted by molar-refractivity contribution is -0.137. The molecule has 2 unspecified atom stereocenters. The van der Waals surface area contributed by atoms with Gasteiger partial charge in [-0.1, -0.05) is 0 Å². The number of nitrogens with zero attached hydrogens (tertiary/aromatic N) is 1. The molecule has 0 aromatic carbocycles. The summed E-state index contributed by atoms with van der Waals surface area (Å²) in [4.78, 5) is 11.9. The Kier molecular flexibility index (Phi) is 4.16. The van der Waals surface area contributed by atoms with Crippen LogP contribution in [0.1, 0.15) is 19.8 Å². The Morgan fingerprint density at radius 1 is 1.43 bits per heavy atom. The predicted octanol–water partition coefficient (Wildman–Crippen LogP) is 0.143. The van der Waals surface area contributed by atoms with E-state index in [1.807, 2.05) is 0 Å². The molecule has 0 aromatic heterocycles. The summed E-state index contributed by atoms with van der Waals surface area (Å²) in [6.07, 6.45) is 2.07. The van der Waals surface area contributed by atoms with Crippen LogP contribution in [0.25, 0.3) is 0 Å². The van der Waals surface area contributed by atoms with E-state index in [1.165, 1.54) is 0 Å². The molecule has 0 saturated carbocycles. The highest BCUT2D eigenvalue weighted by atomic mass is 35.5. The highest BCUT2D eigenvalue weighted by molar-refractivity contribution is 5.85. The minimum Gasteiger partial charge on any atom is -0.313 e. The summed E-state index contributed by atoms with van der Waals surface area (Å²) in [7, 11) is 0. The summed E-state index contributed by atoms with van der Waals surface area (Å²) >= 11 is 0. The van der Waals surface area contributed by atoms with E-state index >= 15 is 0 Å². The van der Waals surface area contributed by atoms with Gasteiger partial charge in [0.25, 0.3) is 0 Å². The molecule has 0 spiro atoms. The van der Waals surface area contributed by atoms with Crippen LogP contribution in [0.3, 0.4) is 0 Å². The molecule has 14 heavy (non-hydrogen) atoms. The Morgan fingerprint density at radius 2 is 2.21 bits per heavy atom. The molecule has 5 heteroatoms. The maximum atomic E-state index is 11.9. The smallest absolute Gasteiger partial charge is 0.241 e. The number of amides is 1. The van der Waals surface area contributed by atoms with Gasteiger partial charge >= 0.3 is 0 Å². The quantitative estimate of drug-likeness (QED) is 0.660. The Balaban J connectivity index is 0.000000980. The van der Waals surface area contributed by atoms with Crippen molar-refractivity contribution in [3.8, 4) is 0 Å². The van der Waals surface area contributed by atoms with Crippen molar-refractivity contribution < 1.29 is 4.79 Å². The maximum Gasteiger partial charge on any atom is 0.241 e. The first kappa shape index (κ1) is 11.8. The molecule has 2 saturated heterocycles. The minimum atomic E-state index is 0. The van der Waals surface area contributed by atoms with E-state index in [2.05, 4.69) is 17.7 Å². The van der Waals surface area contributed by atoms with Gasteiger partial charge in [-0.2, -0.15) is 0 Å². The van der Waals surface area contributed by atoms with Crippen molar-refractivity contribution in [1.29, 1.82) is 0 Å². The third kappa shape index (κ3) is 2.19. The Labute approximate surface area is 90.8 Å². The van der Waals surface area contributed by atoms with Crippen LogP contribution < -0.4 is 10.7 Å². The molecule has 2 heterocycles. The Bertz CT molecular complexity index is 206. The molecule has 0 radical (unpaired) electrons. The van der Waals surface area contributed by atoms with Crippen molar-refractivity contribution in [3.05, 3.63) is 0 Å². The van der Waals surface area contributed by atoms with E-state index in [4.69, 9.17) is 0 Å². The molecular weight excluding hydrogens is 202 g/mol. The molecule has 2 N–H and O–H groups in total. The van der Waals surface area contributed by atoms with E-state index in [9.17, 15) is 4.79 Å². The fraction of sp³-hybridized carbons (Fsp3) is 0.889. The average Bonchev–Trinajstić information content (AvgIpc) is 2.72. The molecule has 0 aliphatic carbocycles. The second-order valence-electron chi connectivity index (χ2n) is 3.89. The van der Waals surface area contributed by atoms with Crippen molar-refractivity contribution in [2.24, 2.45) is 5.92 Å². The standard InChI is InChI=1S/C9H17N3O.ClH/c1-7-8(3-5-10-7)9(13)12-6-2-4-11-12;/h7-8,10-11H,2-6H2,1H3;1H. The van der Waals surface area contributed by atoms with Gasteiger partial charge in [-0.25, -0.2) is 5.43 Å². The Hall–Kier alpha value is -0.320.